The van der Waals surface area contributed by atoms with E-state index in [0.717, 1.165) is 44.1 Å². The zero-order valence-corrected chi connectivity index (χ0v) is 35.2. The van der Waals surface area contributed by atoms with E-state index in [-0.39, 0.29) is 25.4 Å². The van der Waals surface area contributed by atoms with Crippen LogP contribution in [0.25, 0.3) is 0 Å². The van der Waals surface area contributed by atoms with Crippen molar-refractivity contribution in [2.24, 2.45) is 0 Å². The number of benzene rings is 1. The van der Waals surface area contributed by atoms with Gasteiger partial charge in [-0.25, -0.2) is 0 Å². The Morgan fingerprint density at radius 2 is 1.09 bits per heavy atom. The van der Waals surface area contributed by atoms with Gasteiger partial charge in [0.1, 0.15) is 12.2 Å². The van der Waals surface area contributed by atoms with Gasteiger partial charge in [0.25, 0.3) is 0 Å². The van der Waals surface area contributed by atoms with Gasteiger partial charge in [0.05, 0.1) is 25.5 Å². The van der Waals surface area contributed by atoms with E-state index in [1.165, 1.54) is 135 Å². The first-order valence-corrected chi connectivity index (χ1v) is 23.0. The number of aliphatic carboxylic acids is 1. The number of ether oxygens (including phenoxy) is 3. The molecule has 1 amide bonds. The summed E-state index contributed by atoms with van der Waals surface area (Å²) in [7, 11) is 0. The van der Waals surface area contributed by atoms with Gasteiger partial charge in [0.2, 0.25) is 5.91 Å². The van der Waals surface area contributed by atoms with Crippen LogP contribution in [0.5, 0.6) is 0 Å². The largest absolute Gasteiger partial charge is 0.481 e. The molecule has 1 aliphatic heterocycles. The van der Waals surface area contributed by atoms with Crippen LogP contribution < -0.4 is 5.32 Å². The van der Waals surface area contributed by atoms with Gasteiger partial charge in [-0.15, -0.1) is 0 Å². The maximum atomic E-state index is 13.2. The number of unbranched alkanes of at least 4 members (excludes halogenated alkanes) is 25. The van der Waals surface area contributed by atoms with E-state index in [0.29, 0.717) is 12.8 Å². The van der Waals surface area contributed by atoms with E-state index in [1.54, 1.807) is 0 Å². The number of amides is 1. The summed E-state index contributed by atoms with van der Waals surface area (Å²) in [6.45, 7) is 4.75. The van der Waals surface area contributed by atoms with E-state index in [1.807, 2.05) is 30.3 Å². The number of carbonyl (C=O) groups excluding carboxylic acids is 2. The number of nitrogens with one attached hydrogen (secondary N) is 1. The lowest BCUT2D eigenvalue weighted by Gasteiger charge is -2.40. The van der Waals surface area contributed by atoms with Crippen LogP contribution in [0.4, 0.5) is 0 Å². The second-order valence-electron chi connectivity index (χ2n) is 16.2. The second-order valence-corrected chi connectivity index (χ2v) is 16.2. The fraction of sp³-hybridized carbons (Fsp3) is 0.809. The summed E-state index contributed by atoms with van der Waals surface area (Å²) in [6, 6.07) is 9.19. The van der Waals surface area contributed by atoms with Crippen LogP contribution in [-0.2, 0) is 28.6 Å². The van der Waals surface area contributed by atoms with Crippen LogP contribution in [-0.4, -0.2) is 47.8 Å². The lowest BCUT2D eigenvalue weighted by atomic mass is 9.97. The second kappa shape index (κ2) is 33.7. The molecule has 2 N–H and O–H groups in total. The summed E-state index contributed by atoms with van der Waals surface area (Å²) in [5.41, 5.74) is 0.858. The first-order valence-electron chi connectivity index (χ1n) is 23.0. The molecular formula is C47H81NO7. The van der Waals surface area contributed by atoms with Gasteiger partial charge in [-0.3, -0.25) is 14.4 Å². The number of esters is 1. The Morgan fingerprint density at radius 1 is 0.636 bits per heavy atom. The zero-order chi connectivity index (χ0) is 39.6. The molecule has 1 saturated heterocycles. The molecule has 8 heteroatoms. The molecule has 8 nitrogen and oxygen atoms in total. The lowest BCUT2D eigenvalue weighted by molar-refractivity contribution is -0.253. The third-order valence-electron chi connectivity index (χ3n) is 11.1. The fourth-order valence-corrected chi connectivity index (χ4v) is 7.67. The Labute approximate surface area is 336 Å². The highest BCUT2D eigenvalue weighted by Crippen LogP contribution is 2.31. The van der Waals surface area contributed by atoms with E-state index >= 15 is 0 Å². The molecule has 1 unspecified atom stereocenters. The summed E-state index contributed by atoms with van der Waals surface area (Å²) in [6.07, 6.45) is 32.5. The van der Waals surface area contributed by atoms with E-state index in [9.17, 15) is 19.5 Å². The van der Waals surface area contributed by atoms with Crippen LogP contribution in [0, 0.1) is 0 Å². The molecule has 0 saturated carbocycles. The highest BCUT2D eigenvalue weighted by Gasteiger charge is 2.40. The summed E-state index contributed by atoms with van der Waals surface area (Å²) in [5, 5.41) is 12.3. The minimum atomic E-state index is -1.04. The van der Waals surface area contributed by atoms with Crippen molar-refractivity contribution in [2.45, 2.75) is 237 Å². The molecule has 1 heterocycles. The quantitative estimate of drug-likeness (QED) is 0.0516. The fourth-order valence-electron chi connectivity index (χ4n) is 7.67. The van der Waals surface area contributed by atoms with Crippen LogP contribution in [0.2, 0.25) is 0 Å². The third-order valence-corrected chi connectivity index (χ3v) is 11.1. The predicted octanol–water partition coefficient (Wildman–Crippen LogP) is 12.7. The number of carboxylic acid groups (broad SMARTS) is 1. The van der Waals surface area contributed by atoms with Crippen molar-refractivity contribution in [1.29, 1.82) is 0 Å². The molecule has 0 bridgehead atoms. The molecule has 0 radical (unpaired) electrons. The van der Waals surface area contributed by atoms with Crippen molar-refractivity contribution in [1.82, 2.24) is 5.32 Å². The maximum Gasteiger partial charge on any atom is 0.306 e. The Kier molecular flexibility index (Phi) is 29.8. The molecule has 1 aromatic carbocycles. The first-order chi connectivity index (χ1) is 26.9. The van der Waals surface area contributed by atoms with Crippen molar-refractivity contribution >= 4 is 17.8 Å². The third kappa shape index (κ3) is 25.4. The monoisotopic (exact) mass is 772 g/mol. The molecular weight excluding hydrogens is 691 g/mol. The average molecular weight is 772 g/mol. The topological polar surface area (TPSA) is 111 Å². The maximum absolute atomic E-state index is 13.2. The van der Waals surface area contributed by atoms with Gasteiger partial charge < -0.3 is 24.6 Å². The standard InChI is InChI=1S/C47H81NO7/c1-3-5-7-9-11-13-15-17-18-19-21-23-25-27-32-36-43(49)48-41-39-53-47(40-33-29-28-30-34-40)55-46(41)42(54-45(52)38-37-44(50)51)35-31-26-24-22-20-16-14-12-10-8-6-4-2/h28-30,33-34,41-42,46-47H,3-27,31-32,35-39H2,1-2H3,(H,48,49)(H,50,51)/t41-,42+,46-,47?/m0/s1. The molecule has 0 aromatic heterocycles. The Morgan fingerprint density at radius 3 is 1.56 bits per heavy atom. The van der Waals surface area contributed by atoms with Gasteiger partial charge >= 0.3 is 11.9 Å². The van der Waals surface area contributed by atoms with Crippen LogP contribution in [0.3, 0.4) is 0 Å². The number of carbonyl (C=O) groups is 3. The molecule has 4 atom stereocenters. The van der Waals surface area contributed by atoms with Crippen LogP contribution in [0.15, 0.2) is 30.3 Å². The summed E-state index contributed by atoms with van der Waals surface area (Å²) < 4.78 is 18.7. The van der Waals surface area contributed by atoms with Crippen molar-refractivity contribution in [3.8, 4) is 0 Å². The molecule has 0 aliphatic carbocycles. The highest BCUT2D eigenvalue weighted by atomic mass is 16.7. The first kappa shape index (κ1) is 48.7. The molecule has 1 aromatic rings. The Bertz CT molecular complexity index is 1080. The van der Waals surface area contributed by atoms with Gasteiger partial charge in [-0.05, 0) is 19.3 Å². The summed E-state index contributed by atoms with van der Waals surface area (Å²) in [5.74, 6) is -1.64. The number of carboxylic acids is 1. The normalized spacial score (nSPS) is 17.5. The van der Waals surface area contributed by atoms with E-state index in [4.69, 9.17) is 14.2 Å². The number of hydrogen-bond donors (Lipinski definition) is 2. The van der Waals surface area contributed by atoms with Crippen molar-refractivity contribution in [3.05, 3.63) is 35.9 Å². The molecule has 316 valence electrons. The Hall–Kier alpha value is -2.45. The van der Waals surface area contributed by atoms with Crippen molar-refractivity contribution in [3.63, 3.8) is 0 Å². The molecule has 2 rings (SSSR count). The van der Waals surface area contributed by atoms with Crippen molar-refractivity contribution in [2.75, 3.05) is 6.61 Å². The van der Waals surface area contributed by atoms with E-state index in [2.05, 4.69) is 19.2 Å². The number of rotatable bonds is 36. The van der Waals surface area contributed by atoms with Crippen molar-refractivity contribution < 1.29 is 33.7 Å². The summed E-state index contributed by atoms with van der Waals surface area (Å²) in [4.78, 5) is 37.4. The van der Waals surface area contributed by atoms with Crippen LogP contribution >= 0.6 is 0 Å². The summed E-state index contributed by atoms with van der Waals surface area (Å²) >= 11 is 0. The minimum Gasteiger partial charge on any atom is -0.481 e. The molecule has 1 fully saturated rings. The van der Waals surface area contributed by atoms with Gasteiger partial charge in [0, 0.05) is 12.0 Å². The van der Waals surface area contributed by atoms with Gasteiger partial charge in [-0.1, -0.05) is 205 Å². The smallest absolute Gasteiger partial charge is 0.306 e. The highest BCUT2D eigenvalue weighted by molar-refractivity contribution is 5.77. The Balaban J connectivity index is 1.84. The van der Waals surface area contributed by atoms with Gasteiger partial charge in [0.15, 0.2) is 6.29 Å². The van der Waals surface area contributed by atoms with Crippen LogP contribution in [0.1, 0.15) is 225 Å². The minimum absolute atomic E-state index is 0.0450. The van der Waals surface area contributed by atoms with Gasteiger partial charge in [-0.2, -0.15) is 0 Å². The predicted molar refractivity (Wildman–Crippen MR) is 224 cm³/mol. The average Bonchev–Trinajstić information content (AvgIpc) is 3.19. The SMILES string of the molecule is CCCCCCCCCCCCCCCCCC(=O)N[C@H]1COC(c2ccccc2)O[C@@H]1[C@@H](CCCCCCCCCCCCCC)OC(=O)CCC(=O)O. The molecule has 1 aliphatic rings. The lowest BCUT2D eigenvalue weighted by Crippen LogP contribution is -2.56. The molecule has 55 heavy (non-hydrogen) atoms. The van der Waals surface area contributed by atoms with E-state index < -0.39 is 36.5 Å². The zero-order valence-electron chi connectivity index (χ0n) is 35.2. The molecule has 0 spiro atoms. The number of hydrogen-bond acceptors (Lipinski definition) is 6.